The van der Waals surface area contributed by atoms with E-state index in [0.717, 1.165) is 12.1 Å². The number of aromatic hydroxyl groups is 1. The molecule has 1 heterocycles. The summed E-state index contributed by atoms with van der Waals surface area (Å²) >= 11 is 0. The number of hydrogen-bond acceptors (Lipinski definition) is 2. The van der Waals surface area contributed by atoms with Crippen LogP contribution in [-0.4, -0.2) is 15.7 Å². The van der Waals surface area contributed by atoms with Gasteiger partial charge in [-0.05, 0) is 31.0 Å². The fourth-order valence-electron chi connectivity index (χ4n) is 2.41. The first-order valence-electron chi connectivity index (χ1n) is 6.25. The van der Waals surface area contributed by atoms with E-state index < -0.39 is 0 Å². The summed E-state index contributed by atoms with van der Waals surface area (Å²) in [5, 5.41) is 14.3. The van der Waals surface area contributed by atoms with Crippen LogP contribution >= 0.6 is 0 Å². The highest BCUT2D eigenvalue weighted by atomic mass is 16.3. The van der Waals surface area contributed by atoms with Gasteiger partial charge in [0.15, 0.2) is 0 Å². The van der Waals surface area contributed by atoms with Crippen LogP contribution in [-0.2, 0) is 13.6 Å². The third-order valence-electron chi connectivity index (χ3n) is 3.81. The minimum atomic E-state index is 0.331. The molecule has 0 unspecified atom stereocenters. The Kier molecular flexibility index (Phi) is 2.56. The van der Waals surface area contributed by atoms with Crippen LogP contribution in [0.1, 0.15) is 25.0 Å². The van der Waals surface area contributed by atoms with E-state index in [0.29, 0.717) is 11.8 Å². The van der Waals surface area contributed by atoms with E-state index in [4.69, 9.17) is 0 Å². The molecule has 90 valence electrons. The number of aryl methyl sites for hydroxylation is 1. The molecule has 1 aromatic heterocycles. The lowest BCUT2D eigenvalue weighted by Crippen LogP contribution is -2.34. The number of benzene rings is 1. The lowest BCUT2D eigenvalue weighted by atomic mass is 9.93. The number of nitrogens with zero attached hydrogens (tertiary/aromatic N) is 1. The van der Waals surface area contributed by atoms with E-state index in [1.807, 2.05) is 12.1 Å². The molecule has 2 aromatic rings. The zero-order chi connectivity index (χ0) is 11.8. The Labute approximate surface area is 101 Å². The van der Waals surface area contributed by atoms with E-state index >= 15 is 0 Å². The second-order valence-electron chi connectivity index (χ2n) is 4.95. The first kappa shape index (κ1) is 10.7. The highest BCUT2D eigenvalue weighted by molar-refractivity contribution is 5.82. The first-order chi connectivity index (χ1) is 8.24. The number of phenolic OH excluding ortho intramolecular Hbond substituents is 1. The maximum atomic E-state index is 9.50. The molecule has 3 rings (SSSR count). The molecule has 0 bridgehead atoms. The largest absolute Gasteiger partial charge is 0.508 e. The van der Waals surface area contributed by atoms with Crippen molar-refractivity contribution in [3.63, 3.8) is 0 Å². The fourth-order valence-corrected chi connectivity index (χ4v) is 2.41. The average molecular weight is 230 g/mol. The highest BCUT2D eigenvalue weighted by Crippen LogP contribution is 2.24. The molecule has 1 saturated carbocycles. The monoisotopic (exact) mass is 230 g/mol. The Hall–Kier alpha value is -1.48. The zero-order valence-corrected chi connectivity index (χ0v) is 10.1. The normalized spacial score (nSPS) is 16.3. The van der Waals surface area contributed by atoms with Crippen molar-refractivity contribution < 1.29 is 5.11 Å². The molecule has 17 heavy (non-hydrogen) atoms. The topological polar surface area (TPSA) is 37.2 Å². The van der Waals surface area contributed by atoms with Crippen LogP contribution in [0.4, 0.5) is 0 Å². The number of phenols is 1. The van der Waals surface area contributed by atoms with Gasteiger partial charge in [-0.2, -0.15) is 0 Å². The van der Waals surface area contributed by atoms with Crippen molar-refractivity contribution in [3.8, 4) is 5.75 Å². The lowest BCUT2D eigenvalue weighted by molar-refractivity contribution is 0.336. The van der Waals surface area contributed by atoms with Crippen LogP contribution in [0.25, 0.3) is 10.9 Å². The summed E-state index contributed by atoms with van der Waals surface area (Å²) in [4.78, 5) is 0. The van der Waals surface area contributed by atoms with E-state index in [2.05, 4.69) is 23.0 Å². The van der Waals surface area contributed by atoms with Gasteiger partial charge in [-0.3, -0.25) is 0 Å². The zero-order valence-electron chi connectivity index (χ0n) is 10.1. The molecule has 0 radical (unpaired) electrons. The molecule has 1 fully saturated rings. The quantitative estimate of drug-likeness (QED) is 0.850. The van der Waals surface area contributed by atoms with Crippen molar-refractivity contribution in [1.82, 2.24) is 9.88 Å². The second kappa shape index (κ2) is 4.08. The van der Waals surface area contributed by atoms with Gasteiger partial charge >= 0.3 is 0 Å². The maximum absolute atomic E-state index is 9.50. The van der Waals surface area contributed by atoms with Gasteiger partial charge in [0, 0.05) is 36.8 Å². The van der Waals surface area contributed by atoms with Crippen LogP contribution in [0.15, 0.2) is 24.3 Å². The smallest absolute Gasteiger partial charge is 0.117 e. The molecule has 1 aliphatic carbocycles. The van der Waals surface area contributed by atoms with E-state index in [-0.39, 0.29) is 0 Å². The number of nitrogens with one attached hydrogen (secondary N) is 1. The van der Waals surface area contributed by atoms with Crippen LogP contribution < -0.4 is 5.32 Å². The van der Waals surface area contributed by atoms with Crippen LogP contribution in [0.5, 0.6) is 5.75 Å². The summed E-state index contributed by atoms with van der Waals surface area (Å²) in [5.41, 5.74) is 2.37. The summed E-state index contributed by atoms with van der Waals surface area (Å²) in [7, 11) is 2.06. The Morgan fingerprint density at radius 1 is 1.35 bits per heavy atom. The summed E-state index contributed by atoms with van der Waals surface area (Å²) in [6, 6.07) is 8.44. The SMILES string of the molecule is Cn1c(CNC2CCC2)cc2ccc(O)cc21. The molecule has 0 spiro atoms. The average Bonchev–Trinajstić information content (AvgIpc) is 2.55. The molecule has 3 nitrogen and oxygen atoms in total. The third-order valence-corrected chi connectivity index (χ3v) is 3.81. The standard InChI is InChI=1S/C14H18N2O/c1-16-12(9-15-11-3-2-4-11)7-10-5-6-13(17)8-14(10)16/h5-8,11,15,17H,2-4,9H2,1H3. The minimum Gasteiger partial charge on any atom is -0.508 e. The van der Waals surface area contributed by atoms with Gasteiger partial charge in [-0.25, -0.2) is 0 Å². The van der Waals surface area contributed by atoms with Gasteiger partial charge < -0.3 is 15.0 Å². The maximum Gasteiger partial charge on any atom is 0.117 e. The van der Waals surface area contributed by atoms with E-state index in [1.165, 1.54) is 30.3 Å². The van der Waals surface area contributed by atoms with E-state index in [9.17, 15) is 5.11 Å². The molecule has 0 atom stereocenters. The van der Waals surface area contributed by atoms with E-state index in [1.54, 1.807) is 6.07 Å². The van der Waals surface area contributed by atoms with Crippen LogP contribution in [0.2, 0.25) is 0 Å². The molecule has 3 heteroatoms. The molecule has 0 aliphatic heterocycles. The summed E-state index contributed by atoms with van der Waals surface area (Å²) < 4.78 is 2.15. The molecule has 0 saturated heterocycles. The van der Waals surface area contributed by atoms with Gasteiger partial charge in [-0.15, -0.1) is 0 Å². The van der Waals surface area contributed by atoms with Gasteiger partial charge in [0.1, 0.15) is 5.75 Å². The Morgan fingerprint density at radius 2 is 2.18 bits per heavy atom. The molecule has 1 aromatic carbocycles. The highest BCUT2D eigenvalue weighted by Gasteiger charge is 2.17. The molecule has 0 amide bonds. The Balaban J connectivity index is 1.85. The number of fused-ring (bicyclic) bond motifs is 1. The number of hydrogen-bond donors (Lipinski definition) is 2. The summed E-state index contributed by atoms with van der Waals surface area (Å²) in [6.45, 7) is 0.913. The van der Waals surface area contributed by atoms with Gasteiger partial charge in [0.05, 0.1) is 5.52 Å². The van der Waals surface area contributed by atoms with Crippen molar-refractivity contribution >= 4 is 10.9 Å². The predicted molar refractivity (Wildman–Crippen MR) is 69.1 cm³/mol. The minimum absolute atomic E-state index is 0.331. The van der Waals surface area contributed by atoms with Gasteiger partial charge in [-0.1, -0.05) is 6.42 Å². The summed E-state index contributed by atoms with van der Waals surface area (Å²) in [6.07, 6.45) is 3.98. The molecule has 2 N–H and O–H groups in total. The van der Waals surface area contributed by atoms with Crippen molar-refractivity contribution in [1.29, 1.82) is 0 Å². The summed E-state index contributed by atoms with van der Waals surface area (Å²) in [5.74, 6) is 0.331. The first-order valence-corrected chi connectivity index (χ1v) is 6.25. The van der Waals surface area contributed by atoms with Gasteiger partial charge in [0.2, 0.25) is 0 Å². The molecular weight excluding hydrogens is 212 g/mol. The Bertz CT molecular complexity index is 540. The second-order valence-corrected chi connectivity index (χ2v) is 4.95. The van der Waals surface area contributed by atoms with Crippen molar-refractivity contribution in [2.45, 2.75) is 31.8 Å². The molecular formula is C14H18N2O. The number of rotatable bonds is 3. The Morgan fingerprint density at radius 3 is 2.88 bits per heavy atom. The van der Waals surface area contributed by atoms with Crippen molar-refractivity contribution in [2.75, 3.05) is 0 Å². The van der Waals surface area contributed by atoms with Gasteiger partial charge in [0.25, 0.3) is 0 Å². The molecule has 1 aliphatic rings. The third kappa shape index (κ3) is 1.91. The lowest BCUT2D eigenvalue weighted by Gasteiger charge is -2.26. The predicted octanol–water partition coefficient (Wildman–Crippen LogP) is 2.53. The fraction of sp³-hybridized carbons (Fsp3) is 0.429. The van der Waals surface area contributed by atoms with Crippen LogP contribution in [0.3, 0.4) is 0 Å². The van der Waals surface area contributed by atoms with Crippen molar-refractivity contribution in [2.24, 2.45) is 7.05 Å². The van der Waals surface area contributed by atoms with Crippen LogP contribution in [0, 0.1) is 0 Å². The number of aromatic nitrogens is 1. The van der Waals surface area contributed by atoms with Crippen molar-refractivity contribution in [3.05, 3.63) is 30.0 Å².